The lowest BCUT2D eigenvalue weighted by Gasteiger charge is -2.35. The molecule has 0 bridgehead atoms. The highest BCUT2D eigenvalue weighted by Gasteiger charge is 2.23. The van der Waals surface area contributed by atoms with Gasteiger partial charge in [-0.1, -0.05) is 18.2 Å². The van der Waals surface area contributed by atoms with E-state index in [0.29, 0.717) is 37.5 Å². The van der Waals surface area contributed by atoms with E-state index in [1.807, 2.05) is 24.3 Å². The maximum Gasteiger partial charge on any atom is 0.308 e. The lowest BCUT2D eigenvalue weighted by Crippen LogP contribution is -2.49. The number of rotatable bonds is 3. The van der Waals surface area contributed by atoms with Crippen molar-refractivity contribution in [1.29, 1.82) is 0 Å². The van der Waals surface area contributed by atoms with Gasteiger partial charge in [0.15, 0.2) is 0 Å². The van der Waals surface area contributed by atoms with Gasteiger partial charge in [0, 0.05) is 38.7 Å². The van der Waals surface area contributed by atoms with Gasteiger partial charge in [-0.25, -0.2) is 4.98 Å². The Morgan fingerprint density at radius 1 is 0.964 bits per heavy atom. The summed E-state index contributed by atoms with van der Waals surface area (Å²) in [6, 6.07) is 14.5. The van der Waals surface area contributed by atoms with E-state index in [-0.39, 0.29) is 5.91 Å². The van der Waals surface area contributed by atoms with E-state index in [2.05, 4.69) is 14.9 Å². The largest absolute Gasteiger partial charge is 0.427 e. The van der Waals surface area contributed by atoms with E-state index >= 15 is 0 Å². The van der Waals surface area contributed by atoms with Crippen LogP contribution in [0.4, 0.5) is 5.82 Å². The van der Waals surface area contributed by atoms with E-state index in [0.717, 1.165) is 16.9 Å². The number of hydrogen-bond acceptors (Lipinski definition) is 6. The van der Waals surface area contributed by atoms with Gasteiger partial charge in [-0.15, -0.1) is 0 Å². The molecule has 1 aliphatic rings. The molecule has 0 aliphatic carbocycles. The fourth-order valence-electron chi connectivity index (χ4n) is 3.28. The molecule has 0 radical (unpaired) electrons. The number of carbonyl (C=O) groups excluding carboxylic acids is 2. The number of ether oxygens (including phenoxy) is 1. The molecule has 3 aromatic rings. The van der Waals surface area contributed by atoms with Gasteiger partial charge in [0.1, 0.15) is 11.6 Å². The van der Waals surface area contributed by atoms with Gasteiger partial charge in [-0.05, 0) is 30.3 Å². The van der Waals surface area contributed by atoms with E-state index in [1.54, 1.807) is 35.4 Å². The molecule has 1 fully saturated rings. The number of fused-ring (bicyclic) bond motifs is 1. The van der Waals surface area contributed by atoms with Crippen LogP contribution in [0.2, 0.25) is 0 Å². The van der Waals surface area contributed by atoms with Crippen molar-refractivity contribution in [1.82, 2.24) is 14.9 Å². The first-order chi connectivity index (χ1) is 13.6. The molecule has 1 aliphatic heterocycles. The Morgan fingerprint density at radius 2 is 1.71 bits per heavy atom. The summed E-state index contributed by atoms with van der Waals surface area (Å²) >= 11 is 0. The number of hydrogen-bond donors (Lipinski definition) is 0. The van der Waals surface area contributed by atoms with Crippen LogP contribution < -0.4 is 9.64 Å². The van der Waals surface area contributed by atoms with Crippen LogP contribution in [0, 0.1) is 0 Å². The maximum atomic E-state index is 12.8. The molecule has 1 amide bonds. The zero-order chi connectivity index (χ0) is 19.5. The van der Waals surface area contributed by atoms with E-state index in [4.69, 9.17) is 4.74 Å². The zero-order valence-electron chi connectivity index (χ0n) is 15.5. The van der Waals surface area contributed by atoms with Gasteiger partial charge in [0.05, 0.1) is 17.2 Å². The molecule has 0 unspecified atom stereocenters. The first kappa shape index (κ1) is 17.9. The molecule has 2 aromatic carbocycles. The van der Waals surface area contributed by atoms with Crippen molar-refractivity contribution < 1.29 is 14.3 Å². The number of aromatic nitrogens is 2. The Kier molecular flexibility index (Phi) is 4.89. The average Bonchev–Trinajstić information content (AvgIpc) is 2.73. The Balaban J connectivity index is 1.43. The Bertz CT molecular complexity index is 1030. The van der Waals surface area contributed by atoms with Gasteiger partial charge in [-0.3, -0.25) is 14.6 Å². The molecule has 0 spiro atoms. The first-order valence-corrected chi connectivity index (χ1v) is 9.15. The third kappa shape index (κ3) is 3.78. The predicted octanol–water partition coefficient (Wildman–Crippen LogP) is 2.52. The van der Waals surface area contributed by atoms with Crippen molar-refractivity contribution in [2.75, 3.05) is 31.1 Å². The molecule has 0 saturated carbocycles. The predicted molar refractivity (Wildman–Crippen MR) is 105 cm³/mol. The molecule has 4 rings (SSSR count). The van der Waals surface area contributed by atoms with E-state index in [9.17, 15) is 9.59 Å². The van der Waals surface area contributed by atoms with Crippen molar-refractivity contribution >= 4 is 28.7 Å². The molecule has 142 valence electrons. The van der Waals surface area contributed by atoms with E-state index in [1.165, 1.54) is 6.92 Å². The van der Waals surface area contributed by atoms with E-state index < -0.39 is 5.97 Å². The number of benzene rings is 2. The molecule has 1 saturated heterocycles. The van der Waals surface area contributed by atoms with Crippen molar-refractivity contribution in [3.8, 4) is 5.75 Å². The lowest BCUT2D eigenvalue weighted by molar-refractivity contribution is -0.131. The lowest BCUT2D eigenvalue weighted by atomic mass is 10.1. The number of nitrogens with zero attached hydrogens (tertiary/aromatic N) is 4. The number of esters is 1. The third-order valence-corrected chi connectivity index (χ3v) is 4.67. The second-order valence-electron chi connectivity index (χ2n) is 6.62. The molecule has 0 atom stereocenters. The van der Waals surface area contributed by atoms with Crippen LogP contribution in [-0.4, -0.2) is 52.9 Å². The maximum absolute atomic E-state index is 12.8. The van der Waals surface area contributed by atoms with Crippen LogP contribution in [0.25, 0.3) is 11.0 Å². The van der Waals surface area contributed by atoms with Crippen molar-refractivity contribution in [2.24, 2.45) is 0 Å². The first-order valence-electron chi connectivity index (χ1n) is 9.15. The van der Waals surface area contributed by atoms with Gasteiger partial charge in [0.25, 0.3) is 5.91 Å². The standard InChI is InChI=1S/C21H20N4O3/c1-15(26)28-17-6-4-5-16(13-17)21(27)25-11-9-24(10-12-25)20-14-22-18-7-2-3-8-19(18)23-20/h2-8,13-14H,9-12H2,1H3. The Morgan fingerprint density at radius 3 is 2.46 bits per heavy atom. The second-order valence-corrected chi connectivity index (χ2v) is 6.62. The SMILES string of the molecule is CC(=O)Oc1cccc(C(=O)N2CCN(c3cnc4ccccc4n3)CC2)c1. The minimum atomic E-state index is -0.408. The monoisotopic (exact) mass is 376 g/mol. The molecule has 2 heterocycles. The van der Waals surface area contributed by atoms with Gasteiger partial charge in [-0.2, -0.15) is 0 Å². The molecule has 7 heteroatoms. The highest BCUT2D eigenvalue weighted by Crippen LogP contribution is 2.19. The fourth-order valence-corrected chi connectivity index (χ4v) is 3.28. The van der Waals surface area contributed by atoms with Crippen molar-refractivity contribution in [3.05, 3.63) is 60.3 Å². The minimum Gasteiger partial charge on any atom is -0.427 e. The zero-order valence-corrected chi connectivity index (χ0v) is 15.5. The molecule has 0 N–H and O–H groups in total. The third-order valence-electron chi connectivity index (χ3n) is 4.67. The molecule has 1 aromatic heterocycles. The highest BCUT2D eigenvalue weighted by atomic mass is 16.5. The minimum absolute atomic E-state index is 0.0711. The number of piperazine rings is 1. The Labute approximate surface area is 162 Å². The Hall–Kier alpha value is -3.48. The summed E-state index contributed by atoms with van der Waals surface area (Å²) in [5.74, 6) is 0.721. The summed E-state index contributed by atoms with van der Waals surface area (Å²) in [5.41, 5.74) is 2.24. The summed E-state index contributed by atoms with van der Waals surface area (Å²) in [6.45, 7) is 3.88. The van der Waals surface area contributed by atoms with Crippen LogP contribution >= 0.6 is 0 Å². The summed E-state index contributed by atoms with van der Waals surface area (Å²) in [5, 5.41) is 0. The number of amides is 1. The molecular weight excluding hydrogens is 356 g/mol. The van der Waals surface area contributed by atoms with Crippen molar-refractivity contribution in [3.63, 3.8) is 0 Å². The number of carbonyl (C=O) groups is 2. The van der Waals surface area contributed by atoms with Crippen LogP contribution in [-0.2, 0) is 4.79 Å². The molecular formula is C21H20N4O3. The average molecular weight is 376 g/mol. The van der Waals surface area contributed by atoms with Crippen LogP contribution in [0.15, 0.2) is 54.7 Å². The van der Waals surface area contributed by atoms with Crippen LogP contribution in [0.3, 0.4) is 0 Å². The summed E-state index contributed by atoms with van der Waals surface area (Å²) in [7, 11) is 0. The molecule has 28 heavy (non-hydrogen) atoms. The van der Waals surface area contributed by atoms with Crippen LogP contribution in [0.5, 0.6) is 5.75 Å². The summed E-state index contributed by atoms with van der Waals surface area (Å²) in [4.78, 5) is 37.0. The molecule has 7 nitrogen and oxygen atoms in total. The second kappa shape index (κ2) is 7.64. The normalized spacial score (nSPS) is 14.2. The summed E-state index contributed by atoms with van der Waals surface area (Å²) < 4.78 is 5.07. The smallest absolute Gasteiger partial charge is 0.308 e. The fraction of sp³-hybridized carbons (Fsp3) is 0.238. The topological polar surface area (TPSA) is 75.6 Å². The highest BCUT2D eigenvalue weighted by molar-refractivity contribution is 5.95. The summed E-state index contributed by atoms with van der Waals surface area (Å²) in [6.07, 6.45) is 1.78. The quantitative estimate of drug-likeness (QED) is 0.516. The number of anilines is 1. The van der Waals surface area contributed by atoms with Gasteiger partial charge in [0.2, 0.25) is 0 Å². The van der Waals surface area contributed by atoms with Crippen LogP contribution in [0.1, 0.15) is 17.3 Å². The van der Waals surface area contributed by atoms with Crippen molar-refractivity contribution in [2.45, 2.75) is 6.92 Å². The number of para-hydroxylation sites is 2. The van der Waals surface area contributed by atoms with Gasteiger partial charge >= 0.3 is 5.97 Å². The van der Waals surface area contributed by atoms with Gasteiger partial charge < -0.3 is 14.5 Å².